The van der Waals surface area contributed by atoms with Crippen molar-refractivity contribution < 1.29 is 18.3 Å². The SMILES string of the molecule is CNC(=O)c1ccc(CN(c2ccc(OC)cc2)c2nc(-c3ccc(F)cc3)cs2)o1. The fourth-order valence-electron chi connectivity index (χ4n) is 3.04. The summed E-state index contributed by atoms with van der Waals surface area (Å²) >= 11 is 1.47. The Morgan fingerprint density at radius 1 is 1.13 bits per heavy atom. The molecule has 4 aromatic rings. The molecule has 0 saturated heterocycles. The third-order valence-corrected chi connectivity index (χ3v) is 5.54. The molecule has 0 atom stereocenters. The van der Waals surface area contributed by atoms with Crippen molar-refractivity contribution in [3.05, 3.63) is 83.4 Å². The number of halogens is 1. The van der Waals surface area contributed by atoms with Crippen LogP contribution in [0.4, 0.5) is 15.2 Å². The predicted octanol–water partition coefficient (Wildman–Crippen LogP) is 5.25. The van der Waals surface area contributed by atoms with Gasteiger partial charge in [0.1, 0.15) is 17.3 Å². The van der Waals surface area contributed by atoms with Crippen LogP contribution in [0.15, 0.2) is 70.5 Å². The van der Waals surface area contributed by atoms with Crippen molar-refractivity contribution in [3.63, 3.8) is 0 Å². The van der Waals surface area contributed by atoms with Gasteiger partial charge in [0.2, 0.25) is 0 Å². The van der Waals surface area contributed by atoms with E-state index in [0.29, 0.717) is 12.3 Å². The zero-order valence-electron chi connectivity index (χ0n) is 17.0. The molecular weight excluding hydrogens is 417 g/mol. The van der Waals surface area contributed by atoms with E-state index in [0.717, 1.165) is 27.8 Å². The van der Waals surface area contributed by atoms with Crippen molar-refractivity contribution in [2.75, 3.05) is 19.1 Å². The molecule has 2 aromatic heterocycles. The van der Waals surface area contributed by atoms with Crippen molar-refractivity contribution >= 4 is 28.1 Å². The Bertz CT molecular complexity index is 1170. The third-order valence-electron chi connectivity index (χ3n) is 4.67. The molecule has 0 aliphatic rings. The maximum absolute atomic E-state index is 13.3. The standard InChI is InChI=1S/C23H20FN3O3S/c1-25-22(28)21-12-11-19(30-21)13-27(17-7-9-18(29-2)10-8-17)23-26-20(14-31-23)15-3-5-16(24)6-4-15/h3-12,14H,13H2,1-2H3,(H,25,28). The minimum Gasteiger partial charge on any atom is -0.497 e. The van der Waals surface area contributed by atoms with Gasteiger partial charge in [0.25, 0.3) is 5.91 Å². The maximum atomic E-state index is 13.3. The molecule has 31 heavy (non-hydrogen) atoms. The molecule has 158 valence electrons. The Labute approximate surface area is 182 Å². The van der Waals surface area contributed by atoms with Gasteiger partial charge >= 0.3 is 0 Å². The molecule has 0 bridgehead atoms. The average molecular weight is 437 g/mol. The Balaban J connectivity index is 1.67. The Kier molecular flexibility index (Phi) is 5.99. The van der Waals surface area contributed by atoms with Crippen LogP contribution in [-0.4, -0.2) is 25.0 Å². The van der Waals surface area contributed by atoms with Crippen molar-refractivity contribution in [2.45, 2.75) is 6.54 Å². The van der Waals surface area contributed by atoms with E-state index in [9.17, 15) is 9.18 Å². The molecule has 2 heterocycles. The largest absolute Gasteiger partial charge is 0.497 e. The fourth-order valence-corrected chi connectivity index (χ4v) is 3.89. The number of hydrogen-bond donors (Lipinski definition) is 1. The first-order valence-electron chi connectivity index (χ1n) is 9.51. The summed E-state index contributed by atoms with van der Waals surface area (Å²) in [4.78, 5) is 18.6. The number of nitrogens with zero attached hydrogens (tertiary/aromatic N) is 2. The number of furan rings is 1. The molecule has 0 unspecified atom stereocenters. The summed E-state index contributed by atoms with van der Waals surface area (Å²) in [6.45, 7) is 0.375. The number of amides is 1. The van der Waals surface area contributed by atoms with Crippen LogP contribution in [0.1, 0.15) is 16.3 Å². The quantitative estimate of drug-likeness (QED) is 0.428. The highest BCUT2D eigenvalue weighted by molar-refractivity contribution is 7.14. The molecule has 0 spiro atoms. The molecule has 0 aliphatic carbocycles. The van der Waals surface area contributed by atoms with Crippen LogP contribution in [0.2, 0.25) is 0 Å². The molecule has 0 radical (unpaired) electrons. The van der Waals surface area contributed by atoms with E-state index in [2.05, 4.69) is 5.32 Å². The molecule has 0 saturated carbocycles. The lowest BCUT2D eigenvalue weighted by atomic mass is 10.2. The number of carbonyl (C=O) groups excluding carboxylic acids is 1. The summed E-state index contributed by atoms with van der Waals surface area (Å²) in [7, 11) is 3.17. The first-order valence-corrected chi connectivity index (χ1v) is 10.4. The number of anilines is 2. The van der Waals surface area contributed by atoms with Gasteiger partial charge in [0.05, 0.1) is 19.3 Å². The lowest BCUT2D eigenvalue weighted by Crippen LogP contribution is -2.17. The number of hydrogen-bond acceptors (Lipinski definition) is 6. The first kappa shape index (κ1) is 20.6. The summed E-state index contributed by atoms with van der Waals surface area (Å²) in [6.07, 6.45) is 0. The van der Waals surface area contributed by atoms with E-state index in [-0.39, 0.29) is 17.5 Å². The van der Waals surface area contributed by atoms with Gasteiger partial charge in [-0.3, -0.25) is 4.79 Å². The van der Waals surface area contributed by atoms with Gasteiger partial charge < -0.3 is 19.4 Å². The Morgan fingerprint density at radius 3 is 2.55 bits per heavy atom. The zero-order chi connectivity index (χ0) is 21.8. The molecule has 1 amide bonds. The van der Waals surface area contributed by atoms with Crippen LogP contribution in [0, 0.1) is 5.82 Å². The van der Waals surface area contributed by atoms with Gasteiger partial charge in [0.15, 0.2) is 10.9 Å². The van der Waals surface area contributed by atoms with Crippen LogP contribution in [-0.2, 0) is 6.54 Å². The highest BCUT2D eigenvalue weighted by Crippen LogP contribution is 2.34. The highest BCUT2D eigenvalue weighted by Gasteiger charge is 2.18. The predicted molar refractivity (Wildman–Crippen MR) is 118 cm³/mol. The van der Waals surface area contributed by atoms with Crippen molar-refractivity contribution in [1.82, 2.24) is 10.3 Å². The molecule has 0 aliphatic heterocycles. The van der Waals surface area contributed by atoms with Crippen LogP contribution >= 0.6 is 11.3 Å². The smallest absolute Gasteiger partial charge is 0.286 e. The van der Waals surface area contributed by atoms with Crippen LogP contribution in [0.25, 0.3) is 11.3 Å². The molecule has 0 fully saturated rings. The van der Waals surface area contributed by atoms with Crippen LogP contribution in [0.3, 0.4) is 0 Å². The van der Waals surface area contributed by atoms with Crippen molar-refractivity contribution in [3.8, 4) is 17.0 Å². The number of aromatic nitrogens is 1. The van der Waals surface area contributed by atoms with E-state index >= 15 is 0 Å². The van der Waals surface area contributed by atoms with Gasteiger partial charge in [0, 0.05) is 23.7 Å². The molecule has 4 rings (SSSR count). The Hall–Kier alpha value is -3.65. The topological polar surface area (TPSA) is 67.6 Å². The summed E-state index contributed by atoms with van der Waals surface area (Å²) < 4.78 is 24.2. The van der Waals surface area contributed by atoms with E-state index in [4.69, 9.17) is 14.1 Å². The number of nitrogens with one attached hydrogen (secondary N) is 1. The van der Waals surface area contributed by atoms with Gasteiger partial charge in [-0.25, -0.2) is 9.37 Å². The summed E-state index contributed by atoms with van der Waals surface area (Å²) in [6, 6.07) is 17.3. The van der Waals surface area contributed by atoms with Crippen LogP contribution in [0.5, 0.6) is 5.75 Å². The zero-order valence-corrected chi connectivity index (χ0v) is 17.8. The second kappa shape index (κ2) is 9.01. The van der Waals surface area contributed by atoms with Crippen LogP contribution < -0.4 is 15.0 Å². The second-order valence-corrected chi connectivity index (χ2v) is 7.49. The number of carbonyl (C=O) groups is 1. The monoisotopic (exact) mass is 437 g/mol. The molecule has 8 heteroatoms. The summed E-state index contributed by atoms with van der Waals surface area (Å²) in [5, 5.41) is 5.22. The second-order valence-electron chi connectivity index (χ2n) is 6.65. The number of thiazole rings is 1. The van der Waals surface area contributed by atoms with Crippen molar-refractivity contribution in [2.24, 2.45) is 0 Å². The Morgan fingerprint density at radius 2 is 1.87 bits per heavy atom. The van der Waals surface area contributed by atoms with E-state index in [1.807, 2.05) is 34.5 Å². The average Bonchev–Trinajstić information content (AvgIpc) is 3.48. The third kappa shape index (κ3) is 4.59. The first-order chi connectivity index (χ1) is 15.1. The maximum Gasteiger partial charge on any atom is 0.286 e. The molecule has 6 nitrogen and oxygen atoms in total. The summed E-state index contributed by atoms with van der Waals surface area (Å²) in [5.74, 6) is 1.04. The normalized spacial score (nSPS) is 10.7. The number of methoxy groups -OCH3 is 1. The van der Waals surface area contributed by atoms with Gasteiger partial charge in [-0.15, -0.1) is 11.3 Å². The van der Waals surface area contributed by atoms with Gasteiger partial charge in [-0.2, -0.15) is 0 Å². The fraction of sp³-hybridized carbons (Fsp3) is 0.130. The lowest BCUT2D eigenvalue weighted by molar-refractivity contribution is 0.0934. The van der Waals surface area contributed by atoms with Gasteiger partial charge in [-0.1, -0.05) is 0 Å². The van der Waals surface area contributed by atoms with Crippen molar-refractivity contribution in [1.29, 1.82) is 0 Å². The van der Waals surface area contributed by atoms with E-state index < -0.39 is 0 Å². The molecular formula is C23H20FN3O3S. The highest BCUT2D eigenvalue weighted by atomic mass is 32.1. The number of rotatable bonds is 7. The van der Waals surface area contributed by atoms with E-state index in [1.165, 1.54) is 23.5 Å². The number of benzene rings is 2. The summed E-state index contributed by atoms with van der Waals surface area (Å²) in [5.41, 5.74) is 2.47. The van der Waals surface area contributed by atoms with E-state index in [1.54, 1.807) is 38.4 Å². The minimum atomic E-state index is -0.288. The molecule has 1 N–H and O–H groups in total. The number of ether oxygens (including phenoxy) is 1. The minimum absolute atomic E-state index is 0.248. The lowest BCUT2D eigenvalue weighted by Gasteiger charge is -2.21. The molecule has 2 aromatic carbocycles. The van der Waals surface area contributed by atoms with Gasteiger partial charge in [-0.05, 0) is 60.7 Å².